The number of amides is 1. The van der Waals surface area contributed by atoms with Gasteiger partial charge in [0.2, 0.25) is 0 Å². The number of rotatable bonds is 4. The van der Waals surface area contributed by atoms with Crippen LogP contribution in [0.2, 0.25) is 5.02 Å². The molecular weight excluding hydrogens is 334 g/mol. The molecule has 1 saturated carbocycles. The molecule has 4 nitrogen and oxygen atoms in total. The van der Waals surface area contributed by atoms with E-state index >= 15 is 0 Å². The van der Waals surface area contributed by atoms with Crippen LogP contribution in [0.4, 0.5) is 0 Å². The average molecular weight is 347 g/mol. The van der Waals surface area contributed by atoms with Crippen molar-refractivity contribution in [3.8, 4) is 0 Å². The summed E-state index contributed by atoms with van der Waals surface area (Å²) in [5, 5.41) is 12.3. The van der Waals surface area contributed by atoms with E-state index in [4.69, 9.17) is 11.6 Å². The van der Waals surface area contributed by atoms with Crippen molar-refractivity contribution in [2.45, 2.75) is 19.3 Å². The van der Waals surface area contributed by atoms with Crippen LogP contribution in [0.25, 0.3) is 0 Å². The van der Waals surface area contributed by atoms with E-state index in [1.807, 2.05) is 0 Å². The van der Waals surface area contributed by atoms with Gasteiger partial charge < -0.3 is 10.4 Å². The summed E-state index contributed by atoms with van der Waals surface area (Å²) in [6.07, 6.45) is 2.11. The molecule has 1 aliphatic carbocycles. The molecule has 0 aliphatic heterocycles. The second-order valence-corrected chi connectivity index (χ2v) is 6.04. The molecule has 0 radical (unpaired) electrons. The van der Waals surface area contributed by atoms with Crippen LogP contribution in [0, 0.1) is 5.41 Å². The van der Waals surface area contributed by atoms with Crippen LogP contribution >= 0.6 is 27.5 Å². The predicted molar refractivity (Wildman–Crippen MR) is 75.4 cm³/mol. The molecule has 0 saturated heterocycles. The van der Waals surface area contributed by atoms with E-state index in [0.717, 1.165) is 6.42 Å². The Labute approximate surface area is 124 Å². The third-order valence-electron chi connectivity index (χ3n) is 3.52. The quantitative estimate of drug-likeness (QED) is 0.880. The van der Waals surface area contributed by atoms with Gasteiger partial charge in [0.05, 0.1) is 11.0 Å². The number of nitrogens with one attached hydrogen (secondary N) is 1. The second kappa shape index (κ2) is 5.51. The van der Waals surface area contributed by atoms with Crippen LogP contribution in [0.1, 0.15) is 29.6 Å². The standard InChI is InChI=1S/C13H13BrClNO3/c14-10-3-2-8(15)6-9(10)11(17)16-7-13(12(18)19)4-1-5-13/h2-3,6H,1,4-5,7H2,(H,16,17)(H,18,19). The Morgan fingerprint density at radius 2 is 2.11 bits per heavy atom. The van der Waals surface area contributed by atoms with Crippen molar-refractivity contribution in [2.24, 2.45) is 5.41 Å². The first-order valence-electron chi connectivity index (χ1n) is 5.91. The van der Waals surface area contributed by atoms with E-state index in [1.165, 1.54) is 0 Å². The minimum atomic E-state index is -0.843. The normalized spacial score (nSPS) is 16.5. The maximum absolute atomic E-state index is 12.0. The smallest absolute Gasteiger partial charge is 0.311 e. The molecule has 1 aromatic carbocycles. The van der Waals surface area contributed by atoms with E-state index in [1.54, 1.807) is 18.2 Å². The zero-order valence-electron chi connectivity index (χ0n) is 10.1. The molecule has 6 heteroatoms. The fourth-order valence-electron chi connectivity index (χ4n) is 2.09. The number of hydrogen-bond donors (Lipinski definition) is 2. The average Bonchev–Trinajstić information content (AvgIpc) is 2.30. The van der Waals surface area contributed by atoms with Crippen molar-refractivity contribution in [1.82, 2.24) is 5.32 Å². The lowest BCUT2D eigenvalue weighted by Gasteiger charge is -2.37. The van der Waals surface area contributed by atoms with Crippen molar-refractivity contribution in [1.29, 1.82) is 0 Å². The summed E-state index contributed by atoms with van der Waals surface area (Å²) in [5.41, 5.74) is -0.381. The number of hydrogen-bond acceptors (Lipinski definition) is 2. The SMILES string of the molecule is O=C(NCC1(C(=O)O)CCC1)c1cc(Cl)ccc1Br. The summed E-state index contributed by atoms with van der Waals surface area (Å²) in [6.45, 7) is 0.153. The van der Waals surface area contributed by atoms with Crippen LogP contribution in [0.3, 0.4) is 0 Å². The van der Waals surface area contributed by atoms with Gasteiger partial charge in [-0.15, -0.1) is 0 Å². The van der Waals surface area contributed by atoms with Crippen LogP contribution in [0.5, 0.6) is 0 Å². The maximum atomic E-state index is 12.0. The van der Waals surface area contributed by atoms with Gasteiger partial charge in [0.25, 0.3) is 5.91 Å². The van der Waals surface area contributed by atoms with Gasteiger partial charge in [0.15, 0.2) is 0 Å². The maximum Gasteiger partial charge on any atom is 0.311 e. The fraction of sp³-hybridized carbons (Fsp3) is 0.385. The number of carboxylic acids is 1. The molecule has 1 aromatic rings. The van der Waals surface area contributed by atoms with Crippen molar-refractivity contribution in [3.05, 3.63) is 33.3 Å². The van der Waals surface area contributed by atoms with E-state index in [2.05, 4.69) is 21.2 Å². The summed E-state index contributed by atoms with van der Waals surface area (Å²) in [6, 6.07) is 4.91. The second-order valence-electron chi connectivity index (χ2n) is 4.75. The molecule has 1 aliphatic rings. The van der Waals surface area contributed by atoms with E-state index in [0.29, 0.717) is 27.9 Å². The number of halogens is 2. The van der Waals surface area contributed by atoms with Gasteiger partial charge in [-0.25, -0.2) is 0 Å². The highest BCUT2D eigenvalue weighted by Crippen LogP contribution is 2.40. The number of carboxylic acid groups (broad SMARTS) is 1. The van der Waals surface area contributed by atoms with E-state index < -0.39 is 11.4 Å². The summed E-state index contributed by atoms with van der Waals surface area (Å²) < 4.78 is 0.632. The van der Waals surface area contributed by atoms with Gasteiger partial charge in [-0.3, -0.25) is 9.59 Å². The molecule has 1 fully saturated rings. The molecule has 102 valence electrons. The van der Waals surface area contributed by atoms with Gasteiger partial charge in [-0.2, -0.15) is 0 Å². The molecule has 19 heavy (non-hydrogen) atoms. The first-order valence-corrected chi connectivity index (χ1v) is 7.08. The van der Waals surface area contributed by atoms with Gasteiger partial charge in [0.1, 0.15) is 0 Å². The first kappa shape index (κ1) is 14.3. The lowest BCUT2D eigenvalue weighted by atomic mass is 9.69. The number of carbonyl (C=O) groups excluding carboxylic acids is 1. The summed E-state index contributed by atoms with van der Waals surface area (Å²) >= 11 is 9.12. The van der Waals surface area contributed by atoms with Crippen molar-refractivity contribution < 1.29 is 14.7 Å². The topological polar surface area (TPSA) is 66.4 Å². The molecule has 0 aromatic heterocycles. The summed E-state index contributed by atoms with van der Waals surface area (Å²) in [7, 11) is 0. The molecular formula is C13H13BrClNO3. The molecule has 0 atom stereocenters. The van der Waals surface area contributed by atoms with Crippen molar-refractivity contribution in [3.63, 3.8) is 0 Å². The first-order chi connectivity index (χ1) is 8.94. The molecule has 0 spiro atoms. The predicted octanol–water partition coefficient (Wildman–Crippen LogP) is 3.09. The zero-order chi connectivity index (χ0) is 14.0. The monoisotopic (exact) mass is 345 g/mol. The Morgan fingerprint density at radius 1 is 1.42 bits per heavy atom. The molecule has 0 unspecified atom stereocenters. The van der Waals surface area contributed by atoms with Gasteiger partial charge in [-0.1, -0.05) is 18.0 Å². The molecule has 0 bridgehead atoms. The fourth-order valence-corrected chi connectivity index (χ4v) is 2.68. The molecule has 0 heterocycles. The van der Waals surface area contributed by atoms with Crippen LogP contribution < -0.4 is 5.32 Å². The summed E-state index contributed by atoms with van der Waals surface area (Å²) in [5.74, 6) is -1.16. The third-order valence-corrected chi connectivity index (χ3v) is 4.45. The minimum absolute atomic E-state index is 0.153. The molecule has 1 amide bonds. The minimum Gasteiger partial charge on any atom is -0.481 e. The van der Waals surface area contributed by atoms with E-state index in [9.17, 15) is 14.7 Å². The van der Waals surface area contributed by atoms with Gasteiger partial charge in [-0.05, 0) is 47.0 Å². The van der Waals surface area contributed by atoms with Gasteiger partial charge in [0, 0.05) is 16.0 Å². The Bertz CT molecular complexity index is 529. The lowest BCUT2D eigenvalue weighted by molar-refractivity contribution is -0.153. The molecule has 2 N–H and O–H groups in total. The highest BCUT2D eigenvalue weighted by Gasteiger charge is 2.44. The third kappa shape index (κ3) is 2.92. The number of benzene rings is 1. The van der Waals surface area contributed by atoms with Crippen molar-refractivity contribution >= 4 is 39.4 Å². The Hall–Kier alpha value is -1.07. The van der Waals surface area contributed by atoms with Crippen LogP contribution in [-0.2, 0) is 4.79 Å². The van der Waals surface area contributed by atoms with Gasteiger partial charge >= 0.3 is 5.97 Å². The van der Waals surface area contributed by atoms with Crippen LogP contribution in [0.15, 0.2) is 22.7 Å². The Balaban J connectivity index is 2.05. The molecule has 2 rings (SSSR count). The highest BCUT2D eigenvalue weighted by atomic mass is 79.9. The summed E-state index contributed by atoms with van der Waals surface area (Å²) in [4.78, 5) is 23.2. The Morgan fingerprint density at radius 3 is 2.63 bits per heavy atom. The van der Waals surface area contributed by atoms with E-state index in [-0.39, 0.29) is 12.5 Å². The number of carbonyl (C=O) groups is 2. The van der Waals surface area contributed by atoms with Crippen molar-refractivity contribution in [2.75, 3.05) is 6.54 Å². The highest BCUT2D eigenvalue weighted by molar-refractivity contribution is 9.10. The largest absolute Gasteiger partial charge is 0.481 e. The van der Waals surface area contributed by atoms with Crippen LogP contribution in [-0.4, -0.2) is 23.5 Å². The Kier molecular flexibility index (Phi) is 4.16. The number of aliphatic carboxylic acids is 1. The lowest BCUT2D eigenvalue weighted by Crippen LogP contribution is -2.47. The zero-order valence-corrected chi connectivity index (χ0v) is 12.4.